The molecule has 2 aromatic heterocycles. The van der Waals surface area contributed by atoms with Crippen LogP contribution in [-0.2, 0) is 4.79 Å². The van der Waals surface area contributed by atoms with Gasteiger partial charge in [-0.05, 0) is 44.5 Å². The zero-order valence-corrected chi connectivity index (χ0v) is 13.7. The lowest BCUT2D eigenvalue weighted by molar-refractivity contribution is -0.110. The molecule has 0 spiro atoms. The topological polar surface area (TPSA) is 82.2 Å². The molecule has 4 heterocycles. The van der Waals surface area contributed by atoms with Gasteiger partial charge < -0.3 is 15.6 Å². The van der Waals surface area contributed by atoms with Gasteiger partial charge in [0, 0.05) is 28.9 Å². The lowest BCUT2D eigenvalue weighted by Gasteiger charge is -2.16. The third-order valence-electron chi connectivity index (χ3n) is 4.53. The molecule has 24 heavy (non-hydrogen) atoms. The molecule has 4 rings (SSSR count). The van der Waals surface area contributed by atoms with Gasteiger partial charge in [-0.25, -0.2) is 9.98 Å². The molecular formula is C18H19N5O. The van der Waals surface area contributed by atoms with Crippen molar-refractivity contribution in [2.75, 3.05) is 18.4 Å². The fourth-order valence-electron chi connectivity index (χ4n) is 2.99. The molecule has 1 amide bonds. The quantitative estimate of drug-likeness (QED) is 0.813. The van der Waals surface area contributed by atoms with Gasteiger partial charge in [0.15, 0.2) is 0 Å². The van der Waals surface area contributed by atoms with Gasteiger partial charge in [0.25, 0.3) is 5.91 Å². The number of aromatic nitrogens is 2. The minimum Gasteiger partial charge on any atom is -0.339 e. The maximum absolute atomic E-state index is 12.2. The molecule has 0 atom stereocenters. The number of pyridine rings is 1. The Hall–Kier alpha value is -2.73. The number of nitrogens with one attached hydrogen (secondary N) is 3. The van der Waals surface area contributed by atoms with Crippen molar-refractivity contribution in [3.63, 3.8) is 0 Å². The monoisotopic (exact) mass is 321 g/mol. The zero-order valence-electron chi connectivity index (χ0n) is 13.7. The van der Waals surface area contributed by atoms with Crippen LogP contribution in [0.2, 0.25) is 0 Å². The van der Waals surface area contributed by atoms with E-state index in [2.05, 4.69) is 37.7 Å². The summed E-state index contributed by atoms with van der Waals surface area (Å²) in [5, 5.41) is 7.17. The number of nitrogens with zero attached hydrogens (tertiary/aromatic N) is 2. The van der Waals surface area contributed by atoms with E-state index in [1.807, 2.05) is 19.9 Å². The Balaban J connectivity index is 1.56. The SMILES string of the molecule is CC1=C(C)C(C(=O)Nc2cnc3[nH]c(C4=CCNCC4)cc3c2)=N1. The lowest BCUT2D eigenvalue weighted by Crippen LogP contribution is -2.28. The summed E-state index contributed by atoms with van der Waals surface area (Å²) in [7, 11) is 0. The van der Waals surface area contributed by atoms with Gasteiger partial charge >= 0.3 is 0 Å². The molecule has 6 nitrogen and oxygen atoms in total. The largest absolute Gasteiger partial charge is 0.339 e. The van der Waals surface area contributed by atoms with Crippen LogP contribution in [0.15, 0.2) is 40.7 Å². The number of hydrogen-bond acceptors (Lipinski definition) is 4. The number of aliphatic imine (C=N–C) groups is 1. The van der Waals surface area contributed by atoms with Crippen molar-refractivity contribution >= 4 is 33.9 Å². The lowest BCUT2D eigenvalue weighted by atomic mass is 10.0. The number of amides is 1. The summed E-state index contributed by atoms with van der Waals surface area (Å²) in [6.07, 6.45) is 4.87. The van der Waals surface area contributed by atoms with Gasteiger partial charge in [0.2, 0.25) is 0 Å². The van der Waals surface area contributed by atoms with E-state index in [4.69, 9.17) is 0 Å². The van der Waals surface area contributed by atoms with E-state index in [9.17, 15) is 4.79 Å². The van der Waals surface area contributed by atoms with E-state index in [1.54, 1.807) is 6.20 Å². The molecule has 2 aromatic rings. The highest BCUT2D eigenvalue weighted by molar-refractivity contribution is 6.50. The molecule has 6 heteroatoms. The number of aromatic amines is 1. The molecule has 2 aliphatic heterocycles. The first-order chi connectivity index (χ1) is 11.6. The molecule has 0 unspecified atom stereocenters. The Labute approximate surface area is 139 Å². The predicted octanol–water partition coefficient (Wildman–Crippen LogP) is 2.63. The van der Waals surface area contributed by atoms with E-state index in [0.717, 1.165) is 47.5 Å². The second-order valence-corrected chi connectivity index (χ2v) is 6.15. The highest BCUT2D eigenvalue weighted by Crippen LogP contribution is 2.25. The molecule has 0 saturated carbocycles. The van der Waals surface area contributed by atoms with Crippen LogP contribution in [0.25, 0.3) is 16.6 Å². The molecule has 0 aliphatic carbocycles. The van der Waals surface area contributed by atoms with Gasteiger partial charge in [-0.2, -0.15) is 0 Å². The molecule has 122 valence electrons. The van der Waals surface area contributed by atoms with Gasteiger partial charge in [-0.1, -0.05) is 6.08 Å². The Morgan fingerprint density at radius 3 is 2.88 bits per heavy atom. The molecule has 0 bridgehead atoms. The molecule has 0 aromatic carbocycles. The third kappa shape index (κ3) is 2.55. The minimum absolute atomic E-state index is 0.184. The second-order valence-electron chi connectivity index (χ2n) is 6.15. The number of carbonyl (C=O) groups is 1. The van der Waals surface area contributed by atoms with Crippen LogP contribution >= 0.6 is 0 Å². The summed E-state index contributed by atoms with van der Waals surface area (Å²) in [6, 6.07) is 4.03. The number of rotatable bonds is 3. The van der Waals surface area contributed by atoms with E-state index in [0.29, 0.717) is 11.4 Å². The van der Waals surface area contributed by atoms with Crippen LogP contribution in [-0.4, -0.2) is 34.7 Å². The smallest absolute Gasteiger partial charge is 0.274 e. The molecule has 0 radical (unpaired) electrons. The number of fused-ring (bicyclic) bond motifs is 1. The average molecular weight is 321 g/mol. The molecule has 2 aliphatic rings. The van der Waals surface area contributed by atoms with Crippen molar-refractivity contribution in [2.45, 2.75) is 20.3 Å². The van der Waals surface area contributed by atoms with Crippen molar-refractivity contribution in [1.29, 1.82) is 0 Å². The molecular weight excluding hydrogens is 302 g/mol. The molecule has 0 saturated heterocycles. The maximum atomic E-state index is 12.2. The number of anilines is 1. The maximum Gasteiger partial charge on any atom is 0.274 e. The number of hydrogen-bond donors (Lipinski definition) is 3. The fraction of sp³-hybridized carbons (Fsp3) is 0.278. The normalized spacial score (nSPS) is 17.4. The minimum atomic E-state index is -0.184. The van der Waals surface area contributed by atoms with Crippen LogP contribution in [0.4, 0.5) is 5.69 Å². The van der Waals surface area contributed by atoms with E-state index in [1.165, 1.54) is 5.57 Å². The van der Waals surface area contributed by atoms with Crippen molar-refractivity contribution in [3.8, 4) is 0 Å². The van der Waals surface area contributed by atoms with Crippen LogP contribution < -0.4 is 10.6 Å². The van der Waals surface area contributed by atoms with Gasteiger partial charge in [0.1, 0.15) is 11.4 Å². The Morgan fingerprint density at radius 1 is 1.29 bits per heavy atom. The first-order valence-electron chi connectivity index (χ1n) is 8.08. The van der Waals surface area contributed by atoms with Crippen LogP contribution in [0.1, 0.15) is 26.0 Å². The third-order valence-corrected chi connectivity index (χ3v) is 4.53. The fourth-order valence-corrected chi connectivity index (χ4v) is 2.99. The van der Waals surface area contributed by atoms with Gasteiger partial charge in [-0.3, -0.25) is 4.79 Å². The number of allylic oxidation sites excluding steroid dienone is 1. The summed E-state index contributed by atoms with van der Waals surface area (Å²) in [5.41, 5.74) is 6.27. The van der Waals surface area contributed by atoms with Crippen molar-refractivity contribution in [3.05, 3.63) is 41.4 Å². The van der Waals surface area contributed by atoms with Gasteiger partial charge in [-0.15, -0.1) is 0 Å². The Morgan fingerprint density at radius 2 is 2.17 bits per heavy atom. The van der Waals surface area contributed by atoms with Crippen molar-refractivity contribution < 1.29 is 4.79 Å². The first kappa shape index (κ1) is 14.8. The Kier molecular flexibility index (Phi) is 3.54. The second kappa shape index (κ2) is 5.72. The first-order valence-corrected chi connectivity index (χ1v) is 8.08. The number of carbonyl (C=O) groups excluding carboxylic acids is 1. The summed E-state index contributed by atoms with van der Waals surface area (Å²) in [5.74, 6) is -0.184. The predicted molar refractivity (Wildman–Crippen MR) is 96.0 cm³/mol. The van der Waals surface area contributed by atoms with Crippen molar-refractivity contribution in [1.82, 2.24) is 15.3 Å². The van der Waals surface area contributed by atoms with Crippen molar-refractivity contribution in [2.24, 2.45) is 4.99 Å². The van der Waals surface area contributed by atoms with Gasteiger partial charge in [0.05, 0.1) is 11.9 Å². The standard InChI is InChI=1S/C18H19N5O/c1-10-11(2)21-16(10)18(24)22-14-7-13-8-15(23-17(13)20-9-14)12-3-5-19-6-4-12/h3,7-9,19H,4-6H2,1-2H3,(H,20,23)(H,22,24). The summed E-state index contributed by atoms with van der Waals surface area (Å²) >= 11 is 0. The highest BCUT2D eigenvalue weighted by atomic mass is 16.1. The van der Waals surface area contributed by atoms with E-state index in [-0.39, 0.29) is 5.91 Å². The van der Waals surface area contributed by atoms with Crippen LogP contribution in [0.5, 0.6) is 0 Å². The molecule has 3 N–H and O–H groups in total. The highest BCUT2D eigenvalue weighted by Gasteiger charge is 2.22. The van der Waals surface area contributed by atoms with E-state index < -0.39 is 0 Å². The van der Waals surface area contributed by atoms with Crippen LogP contribution in [0.3, 0.4) is 0 Å². The number of H-pyrrole nitrogens is 1. The van der Waals surface area contributed by atoms with Crippen LogP contribution in [0, 0.1) is 0 Å². The summed E-state index contributed by atoms with van der Waals surface area (Å²) < 4.78 is 0. The summed E-state index contributed by atoms with van der Waals surface area (Å²) in [6.45, 7) is 5.69. The molecule has 0 fully saturated rings. The zero-order chi connectivity index (χ0) is 16.7. The van der Waals surface area contributed by atoms with E-state index >= 15 is 0 Å². The average Bonchev–Trinajstić information content (AvgIpc) is 3.03. The summed E-state index contributed by atoms with van der Waals surface area (Å²) in [4.78, 5) is 24.2. The Bertz CT molecular complexity index is 932.